The highest BCUT2D eigenvalue weighted by molar-refractivity contribution is 5.88. The standard InChI is InChI=1S/C26H36N2O4/c1-5-8-16-27-26(30)24(7-3)28(18-21-10-9-11-23(17-21)31-4)25(29)19-32-22-14-12-20(6-2)13-15-22/h9-15,17,24H,5-8,16,18-19H2,1-4H3,(H,27,30). The lowest BCUT2D eigenvalue weighted by atomic mass is 10.1. The van der Waals surface area contributed by atoms with Gasteiger partial charge >= 0.3 is 0 Å². The van der Waals surface area contributed by atoms with E-state index in [9.17, 15) is 9.59 Å². The van der Waals surface area contributed by atoms with Gasteiger partial charge in [-0.3, -0.25) is 9.59 Å². The Balaban J connectivity index is 2.17. The van der Waals surface area contributed by atoms with Gasteiger partial charge in [-0.2, -0.15) is 0 Å². The summed E-state index contributed by atoms with van der Waals surface area (Å²) in [7, 11) is 1.61. The second-order valence-corrected chi connectivity index (χ2v) is 7.73. The van der Waals surface area contributed by atoms with Crippen molar-refractivity contribution >= 4 is 11.8 Å². The number of ether oxygens (including phenoxy) is 2. The van der Waals surface area contributed by atoms with Crippen molar-refractivity contribution in [3.8, 4) is 11.5 Å². The molecule has 0 aliphatic heterocycles. The fraction of sp³-hybridized carbons (Fsp3) is 0.462. The van der Waals surface area contributed by atoms with Crippen LogP contribution in [0.3, 0.4) is 0 Å². The zero-order chi connectivity index (χ0) is 23.3. The number of hydrogen-bond donors (Lipinski definition) is 1. The van der Waals surface area contributed by atoms with Crippen LogP contribution in [-0.2, 0) is 22.6 Å². The van der Waals surface area contributed by atoms with Crippen LogP contribution in [0.15, 0.2) is 48.5 Å². The van der Waals surface area contributed by atoms with E-state index in [-0.39, 0.29) is 18.4 Å². The largest absolute Gasteiger partial charge is 0.497 e. The summed E-state index contributed by atoms with van der Waals surface area (Å²) in [6, 6.07) is 14.7. The predicted molar refractivity (Wildman–Crippen MR) is 127 cm³/mol. The summed E-state index contributed by atoms with van der Waals surface area (Å²) in [6.45, 7) is 6.86. The third-order valence-electron chi connectivity index (χ3n) is 5.40. The molecule has 0 heterocycles. The fourth-order valence-corrected chi connectivity index (χ4v) is 3.44. The number of hydrogen-bond acceptors (Lipinski definition) is 4. The van der Waals surface area contributed by atoms with Gasteiger partial charge in [0.2, 0.25) is 5.91 Å². The Labute approximate surface area is 191 Å². The molecule has 0 saturated heterocycles. The maximum absolute atomic E-state index is 13.2. The van der Waals surface area contributed by atoms with Gasteiger partial charge in [0.1, 0.15) is 17.5 Å². The van der Waals surface area contributed by atoms with Crippen LogP contribution in [0.5, 0.6) is 11.5 Å². The van der Waals surface area contributed by atoms with Crippen molar-refractivity contribution in [3.63, 3.8) is 0 Å². The number of benzene rings is 2. The fourth-order valence-electron chi connectivity index (χ4n) is 3.44. The SMILES string of the molecule is CCCCNC(=O)C(CC)N(Cc1cccc(OC)c1)C(=O)COc1ccc(CC)cc1. The zero-order valence-corrected chi connectivity index (χ0v) is 19.7. The first-order valence-electron chi connectivity index (χ1n) is 11.4. The molecule has 0 fully saturated rings. The highest BCUT2D eigenvalue weighted by Crippen LogP contribution is 2.18. The number of unbranched alkanes of at least 4 members (excludes halogenated alkanes) is 1. The van der Waals surface area contributed by atoms with Crippen LogP contribution in [0.25, 0.3) is 0 Å². The summed E-state index contributed by atoms with van der Waals surface area (Å²) < 4.78 is 11.1. The van der Waals surface area contributed by atoms with Crippen LogP contribution in [0, 0.1) is 0 Å². The van der Waals surface area contributed by atoms with E-state index in [1.165, 1.54) is 5.56 Å². The number of methoxy groups -OCH3 is 1. The molecule has 1 unspecified atom stereocenters. The average Bonchev–Trinajstić information content (AvgIpc) is 2.83. The molecule has 0 aliphatic rings. The van der Waals surface area contributed by atoms with E-state index in [1.807, 2.05) is 55.5 Å². The Morgan fingerprint density at radius 3 is 2.38 bits per heavy atom. The van der Waals surface area contributed by atoms with Crippen molar-refractivity contribution in [2.75, 3.05) is 20.3 Å². The quantitative estimate of drug-likeness (QED) is 0.470. The minimum Gasteiger partial charge on any atom is -0.497 e. The number of nitrogens with zero attached hydrogens (tertiary/aromatic N) is 1. The number of rotatable bonds is 13. The maximum atomic E-state index is 13.2. The van der Waals surface area contributed by atoms with Crippen LogP contribution in [0.4, 0.5) is 0 Å². The summed E-state index contributed by atoms with van der Waals surface area (Å²) >= 11 is 0. The molecule has 0 aliphatic carbocycles. The number of amides is 2. The molecule has 2 aromatic carbocycles. The molecular formula is C26H36N2O4. The van der Waals surface area contributed by atoms with E-state index < -0.39 is 6.04 Å². The summed E-state index contributed by atoms with van der Waals surface area (Å²) in [5.74, 6) is 0.981. The summed E-state index contributed by atoms with van der Waals surface area (Å²) in [5, 5.41) is 2.97. The van der Waals surface area contributed by atoms with Gasteiger partial charge in [0, 0.05) is 13.1 Å². The van der Waals surface area contributed by atoms with Crippen LogP contribution in [-0.4, -0.2) is 43.0 Å². The first kappa shape index (κ1) is 25.2. The summed E-state index contributed by atoms with van der Waals surface area (Å²) in [5.41, 5.74) is 2.10. The van der Waals surface area contributed by atoms with Gasteiger partial charge in [-0.05, 0) is 54.7 Å². The van der Waals surface area contributed by atoms with Crippen molar-refractivity contribution in [2.24, 2.45) is 0 Å². The highest BCUT2D eigenvalue weighted by Gasteiger charge is 2.28. The molecule has 0 saturated carbocycles. The molecule has 0 spiro atoms. The van der Waals surface area contributed by atoms with E-state index >= 15 is 0 Å². The molecule has 6 nitrogen and oxygen atoms in total. The maximum Gasteiger partial charge on any atom is 0.261 e. The van der Waals surface area contributed by atoms with E-state index in [2.05, 4.69) is 19.2 Å². The second-order valence-electron chi connectivity index (χ2n) is 7.73. The Morgan fingerprint density at radius 2 is 1.75 bits per heavy atom. The molecular weight excluding hydrogens is 404 g/mol. The number of carbonyl (C=O) groups is 2. The van der Waals surface area contributed by atoms with Crippen molar-refractivity contribution in [2.45, 2.75) is 59.0 Å². The van der Waals surface area contributed by atoms with E-state index in [4.69, 9.17) is 9.47 Å². The predicted octanol–water partition coefficient (Wildman–Crippen LogP) is 4.36. The summed E-state index contributed by atoms with van der Waals surface area (Å²) in [4.78, 5) is 27.7. The number of carbonyl (C=O) groups excluding carboxylic acids is 2. The van der Waals surface area contributed by atoms with Crippen molar-refractivity contribution in [1.29, 1.82) is 0 Å². The molecule has 1 N–H and O–H groups in total. The monoisotopic (exact) mass is 440 g/mol. The Hall–Kier alpha value is -3.02. The van der Waals surface area contributed by atoms with Gasteiger partial charge in [0.25, 0.3) is 5.91 Å². The lowest BCUT2D eigenvalue weighted by Crippen LogP contribution is -2.50. The third-order valence-corrected chi connectivity index (χ3v) is 5.40. The molecule has 2 amide bonds. The third kappa shape index (κ3) is 7.59. The van der Waals surface area contributed by atoms with Crippen LogP contribution in [0.2, 0.25) is 0 Å². The molecule has 2 aromatic rings. The molecule has 174 valence electrons. The molecule has 32 heavy (non-hydrogen) atoms. The van der Waals surface area contributed by atoms with E-state index in [0.717, 1.165) is 24.8 Å². The second kappa shape index (κ2) is 13.4. The minimum atomic E-state index is -0.573. The Morgan fingerprint density at radius 1 is 1.00 bits per heavy atom. The molecule has 6 heteroatoms. The van der Waals surface area contributed by atoms with Crippen LogP contribution >= 0.6 is 0 Å². The molecule has 1 atom stereocenters. The molecule has 0 bridgehead atoms. The minimum absolute atomic E-state index is 0.131. The van der Waals surface area contributed by atoms with E-state index in [0.29, 0.717) is 31.0 Å². The number of nitrogens with one attached hydrogen (secondary N) is 1. The van der Waals surface area contributed by atoms with Gasteiger partial charge < -0.3 is 19.7 Å². The van der Waals surface area contributed by atoms with Gasteiger partial charge in [0.15, 0.2) is 6.61 Å². The molecule has 2 rings (SSSR count). The van der Waals surface area contributed by atoms with Crippen molar-refractivity contribution in [3.05, 3.63) is 59.7 Å². The molecule has 0 aromatic heterocycles. The smallest absolute Gasteiger partial charge is 0.261 e. The van der Waals surface area contributed by atoms with Gasteiger partial charge in [0.05, 0.1) is 7.11 Å². The Kier molecular flexibility index (Phi) is 10.6. The molecule has 0 radical (unpaired) electrons. The van der Waals surface area contributed by atoms with E-state index in [1.54, 1.807) is 12.0 Å². The highest BCUT2D eigenvalue weighted by atomic mass is 16.5. The number of aryl methyl sites for hydroxylation is 1. The summed E-state index contributed by atoms with van der Waals surface area (Å²) in [6.07, 6.45) is 3.36. The van der Waals surface area contributed by atoms with Crippen LogP contribution < -0.4 is 14.8 Å². The lowest BCUT2D eigenvalue weighted by molar-refractivity contribution is -0.143. The first-order chi connectivity index (χ1) is 15.5. The van der Waals surface area contributed by atoms with Crippen molar-refractivity contribution in [1.82, 2.24) is 10.2 Å². The van der Waals surface area contributed by atoms with Gasteiger partial charge in [-0.1, -0.05) is 51.5 Å². The van der Waals surface area contributed by atoms with Crippen molar-refractivity contribution < 1.29 is 19.1 Å². The van der Waals surface area contributed by atoms with Gasteiger partial charge in [-0.15, -0.1) is 0 Å². The lowest BCUT2D eigenvalue weighted by Gasteiger charge is -2.30. The average molecular weight is 441 g/mol. The van der Waals surface area contributed by atoms with Crippen LogP contribution in [0.1, 0.15) is 51.2 Å². The Bertz CT molecular complexity index is 851. The normalized spacial score (nSPS) is 11.5. The topological polar surface area (TPSA) is 67.9 Å². The zero-order valence-electron chi connectivity index (χ0n) is 19.7. The van der Waals surface area contributed by atoms with Gasteiger partial charge in [-0.25, -0.2) is 0 Å². The first-order valence-corrected chi connectivity index (χ1v) is 11.4.